The standard InChI is InChI=1S/C13H23N3S/c1-11-15-12(10-17-11)9-14-7-6-13-5-3-4-8-16(13)2/h10,13-14H,3-9H2,1-2H3. The molecule has 0 amide bonds. The molecule has 96 valence electrons. The molecule has 1 aliphatic heterocycles. The average Bonchev–Trinajstić information content (AvgIpc) is 2.73. The highest BCUT2D eigenvalue weighted by molar-refractivity contribution is 7.09. The largest absolute Gasteiger partial charge is 0.311 e. The van der Waals surface area contributed by atoms with Gasteiger partial charge in [0.25, 0.3) is 0 Å². The molecular weight excluding hydrogens is 230 g/mol. The summed E-state index contributed by atoms with van der Waals surface area (Å²) in [6.45, 7) is 5.35. The molecule has 1 fully saturated rings. The molecule has 1 atom stereocenters. The second-order valence-corrected chi connectivity index (χ2v) is 6.02. The van der Waals surface area contributed by atoms with Crippen LogP contribution in [0.4, 0.5) is 0 Å². The third-order valence-corrected chi connectivity index (χ3v) is 4.37. The van der Waals surface area contributed by atoms with Crippen LogP contribution in [-0.4, -0.2) is 36.1 Å². The number of hydrogen-bond donors (Lipinski definition) is 1. The molecule has 0 spiro atoms. The average molecular weight is 253 g/mol. The Morgan fingerprint density at radius 3 is 3.12 bits per heavy atom. The van der Waals surface area contributed by atoms with Crippen molar-refractivity contribution in [2.75, 3.05) is 20.1 Å². The van der Waals surface area contributed by atoms with Crippen molar-refractivity contribution in [3.05, 3.63) is 16.1 Å². The molecule has 0 aliphatic carbocycles. The van der Waals surface area contributed by atoms with Crippen LogP contribution in [-0.2, 0) is 6.54 Å². The summed E-state index contributed by atoms with van der Waals surface area (Å²) in [5.74, 6) is 0. The predicted octanol–water partition coefficient (Wildman–Crippen LogP) is 2.42. The Labute approximate surface area is 108 Å². The number of piperidine rings is 1. The lowest BCUT2D eigenvalue weighted by atomic mass is 10.0. The lowest BCUT2D eigenvalue weighted by Gasteiger charge is -2.32. The van der Waals surface area contributed by atoms with Crippen molar-refractivity contribution in [2.45, 2.75) is 45.2 Å². The van der Waals surface area contributed by atoms with Gasteiger partial charge in [-0.1, -0.05) is 6.42 Å². The minimum Gasteiger partial charge on any atom is -0.311 e. The SMILES string of the molecule is Cc1nc(CNCCC2CCCCN2C)cs1. The summed E-state index contributed by atoms with van der Waals surface area (Å²) < 4.78 is 0. The Hall–Kier alpha value is -0.450. The number of hydrogen-bond acceptors (Lipinski definition) is 4. The van der Waals surface area contributed by atoms with Crippen molar-refractivity contribution in [2.24, 2.45) is 0 Å². The fourth-order valence-corrected chi connectivity index (χ4v) is 3.10. The van der Waals surface area contributed by atoms with Gasteiger partial charge in [0, 0.05) is 18.0 Å². The lowest BCUT2D eigenvalue weighted by molar-refractivity contribution is 0.175. The molecule has 1 aliphatic rings. The number of likely N-dealkylation sites (tertiary alicyclic amines) is 1. The van der Waals surface area contributed by atoms with Crippen LogP contribution < -0.4 is 5.32 Å². The highest BCUT2D eigenvalue weighted by Crippen LogP contribution is 2.17. The Kier molecular flexibility index (Phi) is 4.95. The van der Waals surface area contributed by atoms with E-state index in [0.29, 0.717) is 0 Å². The first-order valence-electron chi connectivity index (χ1n) is 6.57. The Morgan fingerprint density at radius 1 is 1.53 bits per heavy atom. The summed E-state index contributed by atoms with van der Waals surface area (Å²) in [6, 6.07) is 0.786. The van der Waals surface area contributed by atoms with Crippen molar-refractivity contribution in [3.8, 4) is 0 Å². The zero-order chi connectivity index (χ0) is 12.1. The molecule has 1 saturated heterocycles. The van der Waals surface area contributed by atoms with E-state index in [0.717, 1.165) is 24.1 Å². The molecule has 3 nitrogen and oxygen atoms in total. The smallest absolute Gasteiger partial charge is 0.0897 e. The third-order valence-electron chi connectivity index (χ3n) is 3.55. The van der Waals surface area contributed by atoms with E-state index >= 15 is 0 Å². The number of rotatable bonds is 5. The van der Waals surface area contributed by atoms with Gasteiger partial charge in [0.2, 0.25) is 0 Å². The highest BCUT2D eigenvalue weighted by Gasteiger charge is 2.17. The molecule has 17 heavy (non-hydrogen) atoms. The van der Waals surface area contributed by atoms with Crippen LogP contribution in [0, 0.1) is 6.92 Å². The van der Waals surface area contributed by atoms with Crippen molar-refractivity contribution in [1.82, 2.24) is 15.2 Å². The van der Waals surface area contributed by atoms with Gasteiger partial charge in [0.15, 0.2) is 0 Å². The maximum absolute atomic E-state index is 4.46. The van der Waals surface area contributed by atoms with Crippen LogP contribution in [0.2, 0.25) is 0 Å². The van der Waals surface area contributed by atoms with Crippen LogP contribution in [0.15, 0.2) is 5.38 Å². The zero-order valence-corrected chi connectivity index (χ0v) is 11.7. The van der Waals surface area contributed by atoms with Gasteiger partial charge in [-0.05, 0) is 46.3 Å². The van der Waals surface area contributed by atoms with E-state index < -0.39 is 0 Å². The van der Waals surface area contributed by atoms with Crippen LogP contribution in [0.25, 0.3) is 0 Å². The van der Waals surface area contributed by atoms with E-state index in [-0.39, 0.29) is 0 Å². The quantitative estimate of drug-likeness (QED) is 0.817. The molecule has 0 aromatic carbocycles. The summed E-state index contributed by atoms with van der Waals surface area (Å²) in [5, 5.41) is 6.81. The van der Waals surface area contributed by atoms with Gasteiger partial charge >= 0.3 is 0 Å². The van der Waals surface area contributed by atoms with E-state index in [9.17, 15) is 0 Å². The fraction of sp³-hybridized carbons (Fsp3) is 0.769. The normalized spacial score (nSPS) is 21.9. The topological polar surface area (TPSA) is 28.2 Å². The predicted molar refractivity (Wildman–Crippen MR) is 73.4 cm³/mol. The van der Waals surface area contributed by atoms with Gasteiger partial charge in [0.1, 0.15) is 0 Å². The molecule has 4 heteroatoms. The highest BCUT2D eigenvalue weighted by atomic mass is 32.1. The third kappa shape index (κ3) is 4.05. The fourth-order valence-electron chi connectivity index (χ4n) is 2.48. The van der Waals surface area contributed by atoms with Crippen molar-refractivity contribution in [3.63, 3.8) is 0 Å². The van der Waals surface area contributed by atoms with E-state index in [2.05, 4.69) is 34.6 Å². The molecule has 1 aromatic rings. The molecule has 2 heterocycles. The number of aryl methyl sites for hydroxylation is 1. The van der Waals surface area contributed by atoms with Crippen molar-refractivity contribution >= 4 is 11.3 Å². The van der Waals surface area contributed by atoms with E-state index in [1.54, 1.807) is 11.3 Å². The second-order valence-electron chi connectivity index (χ2n) is 4.95. The van der Waals surface area contributed by atoms with Crippen LogP contribution in [0.5, 0.6) is 0 Å². The Balaban J connectivity index is 1.62. The van der Waals surface area contributed by atoms with Crippen molar-refractivity contribution < 1.29 is 0 Å². The van der Waals surface area contributed by atoms with Gasteiger partial charge in [-0.25, -0.2) is 4.98 Å². The number of nitrogens with zero attached hydrogens (tertiary/aromatic N) is 2. The van der Waals surface area contributed by atoms with Gasteiger partial charge < -0.3 is 10.2 Å². The van der Waals surface area contributed by atoms with Crippen molar-refractivity contribution in [1.29, 1.82) is 0 Å². The first-order chi connectivity index (χ1) is 8.25. The summed E-state index contributed by atoms with van der Waals surface area (Å²) in [4.78, 5) is 6.97. The zero-order valence-electron chi connectivity index (χ0n) is 10.9. The molecule has 1 unspecified atom stereocenters. The minimum atomic E-state index is 0.786. The molecule has 1 N–H and O–H groups in total. The molecule has 0 bridgehead atoms. The van der Waals surface area contributed by atoms with Gasteiger partial charge in [-0.2, -0.15) is 0 Å². The maximum atomic E-state index is 4.46. The second kappa shape index (κ2) is 6.47. The number of aromatic nitrogens is 1. The monoisotopic (exact) mass is 253 g/mol. The van der Waals surface area contributed by atoms with Gasteiger partial charge in [0.05, 0.1) is 10.7 Å². The van der Waals surface area contributed by atoms with Crippen LogP contribution >= 0.6 is 11.3 Å². The number of thiazole rings is 1. The maximum Gasteiger partial charge on any atom is 0.0897 e. The Morgan fingerprint density at radius 2 is 2.41 bits per heavy atom. The lowest BCUT2D eigenvalue weighted by Crippen LogP contribution is -2.38. The molecule has 0 radical (unpaired) electrons. The van der Waals surface area contributed by atoms with E-state index in [1.165, 1.54) is 37.9 Å². The summed E-state index contributed by atoms with van der Waals surface area (Å²) in [5.41, 5.74) is 1.18. The van der Waals surface area contributed by atoms with E-state index in [4.69, 9.17) is 0 Å². The van der Waals surface area contributed by atoms with Crippen LogP contribution in [0.1, 0.15) is 36.4 Å². The Bertz CT molecular complexity index is 337. The summed E-state index contributed by atoms with van der Waals surface area (Å²) in [7, 11) is 2.26. The minimum absolute atomic E-state index is 0.786. The number of nitrogens with one attached hydrogen (secondary N) is 1. The van der Waals surface area contributed by atoms with E-state index in [1.807, 2.05) is 0 Å². The first-order valence-corrected chi connectivity index (χ1v) is 7.45. The summed E-state index contributed by atoms with van der Waals surface area (Å²) >= 11 is 1.73. The molecule has 2 rings (SSSR count). The van der Waals surface area contributed by atoms with Gasteiger partial charge in [-0.15, -0.1) is 11.3 Å². The molecule has 0 saturated carbocycles. The molecular formula is C13H23N3S. The van der Waals surface area contributed by atoms with Gasteiger partial charge in [-0.3, -0.25) is 0 Å². The summed E-state index contributed by atoms with van der Waals surface area (Å²) in [6.07, 6.45) is 5.41. The first kappa shape index (κ1) is 13.0. The van der Waals surface area contributed by atoms with Crippen LogP contribution in [0.3, 0.4) is 0 Å². The molecule has 1 aromatic heterocycles.